The van der Waals surface area contributed by atoms with Gasteiger partial charge < -0.3 is 15.0 Å². The third-order valence-electron chi connectivity index (χ3n) is 4.71. The summed E-state index contributed by atoms with van der Waals surface area (Å²) in [7, 11) is 0.397. The molecule has 1 saturated heterocycles. The van der Waals surface area contributed by atoms with E-state index in [0.717, 1.165) is 50.5 Å². The molecule has 152 valence electrons. The summed E-state index contributed by atoms with van der Waals surface area (Å²) in [6.45, 7) is 3.15. The van der Waals surface area contributed by atoms with Gasteiger partial charge in [0.15, 0.2) is 5.96 Å². The fraction of sp³-hybridized carbons (Fsp3) is 0.611. The molecule has 1 aromatic rings. The van der Waals surface area contributed by atoms with E-state index in [2.05, 4.69) is 19.9 Å². The second kappa shape index (κ2) is 10.0. The van der Waals surface area contributed by atoms with Crippen LogP contribution < -0.4 is 10.0 Å². The topological polar surface area (TPSA) is 83.0 Å². The van der Waals surface area contributed by atoms with Gasteiger partial charge in [0.1, 0.15) is 0 Å². The number of aliphatic imine (C=N–C) groups is 1. The van der Waals surface area contributed by atoms with Crippen LogP contribution >= 0.6 is 24.0 Å². The molecule has 0 spiro atoms. The number of ether oxygens (including phenoxy) is 1. The van der Waals surface area contributed by atoms with E-state index < -0.39 is 10.0 Å². The van der Waals surface area contributed by atoms with Gasteiger partial charge in [-0.15, -0.1) is 24.0 Å². The van der Waals surface area contributed by atoms with Crippen molar-refractivity contribution in [2.75, 3.05) is 33.9 Å². The second-order valence-corrected chi connectivity index (χ2v) is 8.76. The fourth-order valence-corrected chi connectivity index (χ4v) is 4.35. The van der Waals surface area contributed by atoms with E-state index in [1.807, 2.05) is 19.2 Å². The van der Waals surface area contributed by atoms with Gasteiger partial charge in [-0.3, -0.25) is 4.99 Å². The minimum absolute atomic E-state index is 0. The summed E-state index contributed by atoms with van der Waals surface area (Å²) in [4.78, 5) is 6.75. The molecule has 0 aromatic heterocycles. The van der Waals surface area contributed by atoms with Crippen LogP contribution in [0.4, 0.5) is 0 Å². The number of nitrogens with zero attached hydrogens (tertiary/aromatic N) is 2. The SMILES string of the molecule is CN=C(NCc1ccc(S(=O)(=O)NC2CC2)cc1)N(C)CC1CCOC1.I. The maximum absolute atomic E-state index is 12.2. The Hall–Kier alpha value is -0.910. The Labute approximate surface area is 179 Å². The van der Waals surface area contributed by atoms with Gasteiger partial charge in [0.25, 0.3) is 0 Å². The lowest BCUT2D eigenvalue weighted by Crippen LogP contribution is -2.41. The average Bonchev–Trinajstić information content (AvgIpc) is 3.27. The van der Waals surface area contributed by atoms with E-state index in [9.17, 15) is 8.42 Å². The third kappa shape index (κ3) is 6.58. The van der Waals surface area contributed by atoms with Crippen LogP contribution in [0.3, 0.4) is 0 Å². The molecule has 2 N–H and O–H groups in total. The van der Waals surface area contributed by atoms with Crippen LogP contribution in [-0.2, 0) is 21.3 Å². The molecule has 0 amide bonds. The highest BCUT2D eigenvalue weighted by Crippen LogP contribution is 2.22. The van der Waals surface area contributed by atoms with E-state index in [-0.39, 0.29) is 30.0 Å². The molecule has 0 radical (unpaired) electrons. The number of sulfonamides is 1. The first kappa shape index (κ1) is 22.4. The molecule has 3 rings (SSSR count). The minimum Gasteiger partial charge on any atom is -0.381 e. The molecule has 1 aliphatic heterocycles. The van der Waals surface area contributed by atoms with Gasteiger partial charge >= 0.3 is 0 Å². The smallest absolute Gasteiger partial charge is 0.240 e. The van der Waals surface area contributed by atoms with Gasteiger partial charge in [-0.2, -0.15) is 0 Å². The van der Waals surface area contributed by atoms with Crippen molar-refractivity contribution >= 4 is 40.0 Å². The van der Waals surface area contributed by atoms with Crippen LogP contribution in [0, 0.1) is 5.92 Å². The number of benzene rings is 1. The highest BCUT2D eigenvalue weighted by atomic mass is 127. The van der Waals surface area contributed by atoms with Gasteiger partial charge in [-0.25, -0.2) is 13.1 Å². The molecule has 1 unspecified atom stereocenters. The number of nitrogens with one attached hydrogen (secondary N) is 2. The summed E-state index contributed by atoms with van der Waals surface area (Å²) in [5.74, 6) is 1.37. The number of halogens is 1. The fourth-order valence-electron chi connectivity index (χ4n) is 3.04. The first-order valence-electron chi connectivity index (χ1n) is 9.09. The van der Waals surface area contributed by atoms with Gasteiger partial charge in [-0.05, 0) is 37.0 Å². The van der Waals surface area contributed by atoms with E-state index >= 15 is 0 Å². The molecule has 2 fully saturated rings. The Morgan fingerprint density at radius 2 is 1.96 bits per heavy atom. The predicted molar refractivity (Wildman–Crippen MR) is 117 cm³/mol. The highest BCUT2D eigenvalue weighted by molar-refractivity contribution is 14.0. The lowest BCUT2D eigenvalue weighted by molar-refractivity contribution is 0.181. The molecule has 1 heterocycles. The molecule has 1 aliphatic carbocycles. The summed E-state index contributed by atoms with van der Waals surface area (Å²) in [5.41, 5.74) is 1.01. The van der Waals surface area contributed by atoms with E-state index in [4.69, 9.17) is 4.74 Å². The van der Waals surface area contributed by atoms with Crippen molar-refractivity contribution in [2.24, 2.45) is 10.9 Å². The first-order valence-corrected chi connectivity index (χ1v) is 10.6. The zero-order valence-electron chi connectivity index (χ0n) is 15.8. The molecule has 1 saturated carbocycles. The van der Waals surface area contributed by atoms with E-state index in [0.29, 0.717) is 17.4 Å². The Bertz CT molecular complexity index is 729. The zero-order chi connectivity index (χ0) is 18.6. The van der Waals surface area contributed by atoms with Crippen LogP contribution in [0.25, 0.3) is 0 Å². The quantitative estimate of drug-likeness (QED) is 0.334. The summed E-state index contributed by atoms with van der Waals surface area (Å²) in [5, 5.41) is 3.33. The molecular weight excluding hydrogens is 479 g/mol. The van der Waals surface area contributed by atoms with E-state index in [1.54, 1.807) is 19.2 Å². The number of hydrogen-bond acceptors (Lipinski definition) is 4. The molecule has 1 atom stereocenters. The number of hydrogen-bond donors (Lipinski definition) is 2. The van der Waals surface area contributed by atoms with Crippen LogP contribution in [0.2, 0.25) is 0 Å². The number of rotatable bonds is 7. The van der Waals surface area contributed by atoms with Crippen molar-refractivity contribution in [1.82, 2.24) is 14.9 Å². The van der Waals surface area contributed by atoms with Gasteiger partial charge in [0.05, 0.1) is 11.5 Å². The van der Waals surface area contributed by atoms with Gasteiger partial charge in [-0.1, -0.05) is 12.1 Å². The standard InChI is InChI=1S/C18H28N4O3S.HI/c1-19-18(22(2)12-15-9-10-25-13-15)20-11-14-3-7-17(8-4-14)26(23,24)21-16-5-6-16;/h3-4,7-8,15-16,21H,5-6,9-13H2,1-2H3,(H,19,20);1H. The Kier molecular flexibility index (Phi) is 8.32. The second-order valence-electron chi connectivity index (χ2n) is 7.05. The summed E-state index contributed by atoms with van der Waals surface area (Å²) < 4.78 is 32.5. The van der Waals surface area contributed by atoms with Crippen LogP contribution in [0.1, 0.15) is 24.8 Å². The Morgan fingerprint density at radius 1 is 1.26 bits per heavy atom. The summed E-state index contributed by atoms with van der Waals surface area (Å²) in [6, 6.07) is 7.11. The van der Waals surface area contributed by atoms with Crippen molar-refractivity contribution in [1.29, 1.82) is 0 Å². The monoisotopic (exact) mass is 508 g/mol. The molecular formula is C18H29IN4O3S. The lowest BCUT2D eigenvalue weighted by Gasteiger charge is -2.24. The Balaban J connectivity index is 0.00000261. The normalized spacial score (nSPS) is 20.2. The predicted octanol–water partition coefficient (Wildman–Crippen LogP) is 1.79. The average molecular weight is 508 g/mol. The first-order chi connectivity index (χ1) is 12.5. The van der Waals surface area contributed by atoms with Crippen molar-refractivity contribution in [3.63, 3.8) is 0 Å². The largest absolute Gasteiger partial charge is 0.381 e. The van der Waals surface area contributed by atoms with Crippen molar-refractivity contribution < 1.29 is 13.2 Å². The zero-order valence-corrected chi connectivity index (χ0v) is 19.0. The molecule has 9 heteroatoms. The van der Waals surface area contributed by atoms with Gasteiger partial charge in [0.2, 0.25) is 10.0 Å². The van der Waals surface area contributed by atoms with Crippen molar-refractivity contribution in [3.8, 4) is 0 Å². The molecule has 2 aliphatic rings. The third-order valence-corrected chi connectivity index (χ3v) is 6.25. The van der Waals surface area contributed by atoms with Crippen LogP contribution in [0.5, 0.6) is 0 Å². The van der Waals surface area contributed by atoms with Crippen molar-refractivity contribution in [3.05, 3.63) is 29.8 Å². The lowest BCUT2D eigenvalue weighted by atomic mass is 10.1. The summed E-state index contributed by atoms with van der Waals surface area (Å²) in [6.07, 6.45) is 2.95. The number of guanidine groups is 1. The van der Waals surface area contributed by atoms with E-state index in [1.165, 1.54) is 0 Å². The molecule has 27 heavy (non-hydrogen) atoms. The summed E-state index contributed by atoms with van der Waals surface area (Å²) >= 11 is 0. The molecule has 0 bridgehead atoms. The highest BCUT2D eigenvalue weighted by Gasteiger charge is 2.27. The van der Waals surface area contributed by atoms with Crippen LogP contribution in [0.15, 0.2) is 34.2 Å². The Morgan fingerprint density at radius 3 is 2.52 bits per heavy atom. The molecule has 1 aromatic carbocycles. The van der Waals surface area contributed by atoms with Gasteiger partial charge in [0, 0.05) is 45.8 Å². The minimum atomic E-state index is -3.39. The maximum Gasteiger partial charge on any atom is 0.240 e. The maximum atomic E-state index is 12.2. The van der Waals surface area contributed by atoms with Crippen molar-refractivity contribution in [2.45, 2.75) is 36.7 Å². The van der Waals surface area contributed by atoms with Crippen LogP contribution in [-0.4, -0.2) is 59.2 Å². The molecule has 7 nitrogen and oxygen atoms in total.